The molecule has 0 saturated carbocycles. The van der Waals surface area contributed by atoms with Crippen LogP contribution in [0, 0.1) is 0 Å². The van der Waals surface area contributed by atoms with Crippen molar-refractivity contribution in [3.8, 4) is 17.1 Å². The molecule has 0 aliphatic rings. The smallest absolute Gasteiger partial charge is 0.335 e. The Hall–Kier alpha value is -3.95. The van der Waals surface area contributed by atoms with E-state index in [2.05, 4.69) is 20.7 Å². The van der Waals surface area contributed by atoms with Crippen molar-refractivity contribution < 1.29 is 14.7 Å². The van der Waals surface area contributed by atoms with Crippen molar-refractivity contribution in [3.63, 3.8) is 0 Å². The molecule has 3 aromatic carbocycles. The van der Waals surface area contributed by atoms with Crippen LogP contribution >= 0.6 is 23.4 Å². The van der Waals surface area contributed by atoms with Gasteiger partial charge in [0.15, 0.2) is 11.0 Å². The summed E-state index contributed by atoms with van der Waals surface area (Å²) in [6.07, 6.45) is 1.44. The molecule has 8 nitrogen and oxygen atoms in total. The number of thioether (sulfide) groups is 1. The molecule has 0 bridgehead atoms. The fraction of sp³-hybridized carbons (Fsp3) is 0.0417. The molecule has 0 spiro atoms. The van der Waals surface area contributed by atoms with Gasteiger partial charge in [-0.1, -0.05) is 65.8 Å². The van der Waals surface area contributed by atoms with E-state index in [4.69, 9.17) is 16.7 Å². The third-order valence-corrected chi connectivity index (χ3v) is 5.82. The average Bonchev–Trinajstić information content (AvgIpc) is 3.28. The van der Waals surface area contributed by atoms with E-state index in [1.54, 1.807) is 24.3 Å². The zero-order valence-corrected chi connectivity index (χ0v) is 19.2. The van der Waals surface area contributed by atoms with E-state index < -0.39 is 5.97 Å². The molecule has 170 valence electrons. The number of hydrazone groups is 1. The fourth-order valence-electron chi connectivity index (χ4n) is 3.01. The van der Waals surface area contributed by atoms with E-state index in [0.717, 1.165) is 11.3 Å². The second-order valence-corrected chi connectivity index (χ2v) is 8.37. The standard InChI is InChI=1S/C24H18ClN5O3S/c25-19-10-12-20(13-11-19)30-22(17-4-2-1-3-5-17)28-29-24(30)34-15-21(31)27-26-14-16-6-8-18(9-7-16)23(32)33/h1-14H,15H2,(H,27,31)(H,32,33). The number of amides is 1. The number of carbonyl (C=O) groups is 2. The van der Waals surface area contributed by atoms with E-state index in [-0.39, 0.29) is 17.2 Å². The van der Waals surface area contributed by atoms with Crippen LogP contribution in [0.1, 0.15) is 15.9 Å². The first-order chi connectivity index (χ1) is 16.5. The lowest BCUT2D eigenvalue weighted by Gasteiger charge is -2.10. The average molecular weight is 492 g/mol. The Balaban J connectivity index is 1.46. The van der Waals surface area contributed by atoms with Gasteiger partial charge < -0.3 is 5.11 Å². The molecule has 2 N–H and O–H groups in total. The number of rotatable bonds is 8. The maximum absolute atomic E-state index is 12.3. The van der Waals surface area contributed by atoms with Crippen molar-refractivity contribution in [2.45, 2.75) is 5.16 Å². The highest BCUT2D eigenvalue weighted by Gasteiger charge is 2.17. The van der Waals surface area contributed by atoms with Gasteiger partial charge in [0.2, 0.25) is 0 Å². The van der Waals surface area contributed by atoms with Gasteiger partial charge in [-0.25, -0.2) is 10.2 Å². The summed E-state index contributed by atoms with van der Waals surface area (Å²) in [5.74, 6) is -0.616. The van der Waals surface area contributed by atoms with Gasteiger partial charge in [-0.3, -0.25) is 9.36 Å². The minimum Gasteiger partial charge on any atom is -0.478 e. The van der Waals surface area contributed by atoms with Gasteiger partial charge in [0, 0.05) is 16.3 Å². The summed E-state index contributed by atoms with van der Waals surface area (Å²) in [5, 5.41) is 22.7. The van der Waals surface area contributed by atoms with Gasteiger partial charge in [-0.2, -0.15) is 5.10 Å². The van der Waals surface area contributed by atoms with E-state index in [9.17, 15) is 9.59 Å². The van der Waals surface area contributed by atoms with E-state index >= 15 is 0 Å². The summed E-state index contributed by atoms with van der Waals surface area (Å²) in [6, 6.07) is 23.1. The van der Waals surface area contributed by atoms with E-state index in [0.29, 0.717) is 21.6 Å². The van der Waals surface area contributed by atoms with Crippen molar-refractivity contribution in [1.29, 1.82) is 0 Å². The lowest BCUT2D eigenvalue weighted by atomic mass is 10.1. The number of carbonyl (C=O) groups excluding carboxylic acids is 1. The quantitative estimate of drug-likeness (QED) is 0.213. The van der Waals surface area contributed by atoms with Crippen LogP contribution in [0.2, 0.25) is 5.02 Å². The number of benzene rings is 3. The van der Waals surface area contributed by atoms with Crippen LogP contribution in [0.5, 0.6) is 0 Å². The number of aromatic nitrogens is 3. The van der Waals surface area contributed by atoms with Gasteiger partial charge in [0.05, 0.1) is 17.5 Å². The van der Waals surface area contributed by atoms with Crippen LogP contribution in [-0.2, 0) is 4.79 Å². The van der Waals surface area contributed by atoms with Gasteiger partial charge in [0.1, 0.15) is 0 Å². The first-order valence-corrected chi connectivity index (χ1v) is 11.4. The maximum atomic E-state index is 12.3. The Kier molecular flexibility index (Phi) is 7.36. The third-order valence-electron chi connectivity index (χ3n) is 4.64. The van der Waals surface area contributed by atoms with Crippen LogP contribution in [0.4, 0.5) is 0 Å². The van der Waals surface area contributed by atoms with E-state index in [1.165, 1.54) is 30.1 Å². The Labute approximate surface area is 204 Å². The molecule has 0 radical (unpaired) electrons. The summed E-state index contributed by atoms with van der Waals surface area (Å²) >= 11 is 7.27. The number of aromatic carboxylic acids is 1. The van der Waals surface area contributed by atoms with Crippen LogP contribution < -0.4 is 5.43 Å². The molecule has 34 heavy (non-hydrogen) atoms. The molecular weight excluding hydrogens is 474 g/mol. The Bertz CT molecular complexity index is 1320. The Morgan fingerprint density at radius 2 is 1.71 bits per heavy atom. The minimum absolute atomic E-state index is 0.0653. The monoisotopic (exact) mass is 491 g/mol. The number of nitrogens with one attached hydrogen (secondary N) is 1. The topological polar surface area (TPSA) is 109 Å². The third kappa shape index (κ3) is 5.69. The molecule has 0 unspecified atom stereocenters. The highest BCUT2D eigenvalue weighted by molar-refractivity contribution is 7.99. The van der Waals surface area contributed by atoms with Crippen molar-refractivity contribution in [1.82, 2.24) is 20.2 Å². The number of nitrogens with zero attached hydrogens (tertiary/aromatic N) is 4. The lowest BCUT2D eigenvalue weighted by molar-refractivity contribution is -0.118. The summed E-state index contributed by atoms with van der Waals surface area (Å²) < 4.78 is 1.87. The van der Waals surface area contributed by atoms with Crippen molar-refractivity contribution in [2.75, 3.05) is 5.75 Å². The SMILES string of the molecule is O=C(CSc1nnc(-c2ccccc2)n1-c1ccc(Cl)cc1)NN=Cc1ccc(C(=O)O)cc1. The van der Waals surface area contributed by atoms with Crippen LogP contribution in [0.25, 0.3) is 17.1 Å². The number of carboxylic acid groups (broad SMARTS) is 1. The first-order valence-electron chi connectivity index (χ1n) is 10.1. The molecule has 0 aliphatic heterocycles. The van der Waals surface area contributed by atoms with Crippen molar-refractivity contribution >= 4 is 41.5 Å². The van der Waals surface area contributed by atoms with Gasteiger partial charge in [0.25, 0.3) is 5.91 Å². The summed E-state index contributed by atoms with van der Waals surface area (Å²) in [7, 11) is 0. The normalized spacial score (nSPS) is 11.0. The lowest BCUT2D eigenvalue weighted by Crippen LogP contribution is -2.20. The fourth-order valence-corrected chi connectivity index (χ4v) is 3.88. The maximum Gasteiger partial charge on any atom is 0.335 e. The Morgan fingerprint density at radius 3 is 2.38 bits per heavy atom. The molecule has 0 atom stereocenters. The largest absolute Gasteiger partial charge is 0.478 e. The van der Waals surface area contributed by atoms with Crippen LogP contribution in [-0.4, -0.2) is 43.7 Å². The molecule has 10 heteroatoms. The van der Waals surface area contributed by atoms with E-state index in [1.807, 2.05) is 47.0 Å². The summed E-state index contributed by atoms with van der Waals surface area (Å²) in [5.41, 5.74) is 5.01. The molecule has 1 aromatic heterocycles. The molecule has 0 saturated heterocycles. The van der Waals surface area contributed by atoms with Crippen molar-refractivity contribution in [2.24, 2.45) is 5.10 Å². The number of halogens is 1. The van der Waals surface area contributed by atoms with Crippen LogP contribution in [0.15, 0.2) is 89.1 Å². The van der Waals surface area contributed by atoms with Gasteiger partial charge in [-0.15, -0.1) is 10.2 Å². The predicted molar refractivity (Wildman–Crippen MR) is 132 cm³/mol. The Morgan fingerprint density at radius 1 is 1.00 bits per heavy atom. The summed E-state index contributed by atoms with van der Waals surface area (Å²) in [6.45, 7) is 0. The second kappa shape index (κ2) is 10.8. The number of hydrogen-bond donors (Lipinski definition) is 2. The van der Waals surface area contributed by atoms with Gasteiger partial charge in [-0.05, 0) is 42.0 Å². The highest BCUT2D eigenvalue weighted by atomic mass is 35.5. The molecular formula is C24H18ClN5O3S. The molecule has 0 fully saturated rings. The molecule has 1 heterocycles. The molecule has 1 amide bonds. The predicted octanol–water partition coefficient (Wildman–Crippen LogP) is 4.53. The first kappa shape index (κ1) is 23.2. The zero-order chi connectivity index (χ0) is 23.9. The minimum atomic E-state index is -1.00. The van der Waals surface area contributed by atoms with Crippen molar-refractivity contribution in [3.05, 3.63) is 95.0 Å². The summed E-state index contributed by atoms with van der Waals surface area (Å²) in [4.78, 5) is 23.2. The molecule has 4 aromatic rings. The number of hydrogen-bond acceptors (Lipinski definition) is 6. The van der Waals surface area contributed by atoms with Gasteiger partial charge >= 0.3 is 5.97 Å². The second-order valence-electron chi connectivity index (χ2n) is 6.99. The molecule has 4 rings (SSSR count). The molecule has 0 aliphatic carbocycles. The highest BCUT2D eigenvalue weighted by Crippen LogP contribution is 2.28. The van der Waals surface area contributed by atoms with Crippen LogP contribution in [0.3, 0.4) is 0 Å². The number of carboxylic acids is 1. The zero-order valence-electron chi connectivity index (χ0n) is 17.6.